The van der Waals surface area contributed by atoms with E-state index in [0.29, 0.717) is 18.6 Å². The molecule has 4 heteroatoms. The lowest BCUT2D eigenvalue weighted by molar-refractivity contribution is 0.170. The molecule has 1 fully saturated rings. The third-order valence-corrected chi connectivity index (χ3v) is 4.65. The quantitative estimate of drug-likeness (QED) is 0.926. The highest BCUT2D eigenvalue weighted by Gasteiger charge is 2.27. The molecule has 0 radical (unpaired) electrons. The molecule has 0 spiro atoms. The maximum atomic E-state index is 5.74. The summed E-state index contributed by atoms with van der Waals surface area (Å²) in [4.78, 5) is 4.96. The number of hydrogen-bond acceptors (Lipinski definition) is 3. The maximum Gasteiger partial charge on any atom is 0.0411 e. The van der Waals surface area contributed by atoms with Gasteiger partial charge in [0.2, 0.25) is 0 Å². The molecule has 0 saturated carbocycles. The Labute approximate surface area is 124 Å². The molecular formula is C15H24BrN3. The fourth-order valence-electron chi connectivity index (χ4n) is 2.80. The fourth-order valence-corrected chi connectivity index (χ4v) is 3.15. The molecule has 2 N–H and O–H groups in total. The van der Waals surface area contributed by atoms with Crippen LogP contribution in [0.2, 0.25) is 0 Å². The third kappa shape index (κ3) is 3.30. The number of nitrogens with zero attached hydrogens (tertiary/aromatic N) is 2. The van der Waals surface area contributed by atoms with E-state index in [4.69, 9.17) is 5.73 Å². The molecule has 106 valence electrons. The van der Waals surface area contributed by atoms with Crippen molar-refractivity contribution in [3.05, 3.63) is 28.2 Å². The Morgan fingerprint density at radius 1 is 1.26 bits per heavy atom. The van der Waals surface area contributed by atoms with Crippen molar-refractivity contribution in [1.29, 1.82) is 0 Å². The van der Waals surface area contributed by atoms with E-state index in [1.165, 1.54) is 11.3 Å². The largest absolute Gasteiger partial charge is 0.368 e. The predicted molar refractivity (Wildman–Crippen MR) is 85.8 cm³/mol. The van der Waals surface area contributed by atoms with Gasteiger partial charge in [-0.25, -0.2) is 0 Å². The second-order valence-electron chi connectivity index (χ2n) is 5.58. The molecule has 0 aliphatic carbocycles. The standard InChI is InChI=1S/C15H24BrN3/c1-11-9-19(10-12(2)18(11)3)15-8-14(16)5-4-13(15)6-7-17/h4-5,8,11-12H,6-7,9-10,17H2,1-3H3. The van der Waals surface area contributed by atoms with E-state index in [0.717, 1.165) is 24.0 Å². The number of anilines is 1. The van der Waals surface area contributed by atoms with E-state index in [-0.39, 0.29) is 0 Å². The molecule has 1 aliphatic heterocycles. The van der Waals surface area contributed by atoms with Crippen LogP contribution in [0.15, 0.2) is 22.7 Å². The minimum atomic E-state index is 0.577. The molecule has 0 bridgehead atoms. The van der Waals surface area contributed by atoms with Crippen molar-refractivity contribution < 1.29 is 0 Å². The van der Waals surface area contributed by atoms with Crippen molar-refractivity contribution in [2.75, 3.05) is 31.6 Å². The highest BCUT2D eigenvalue weighted by atomic mass is 79.9. The first-order valence-corrected chi connectivity index (χ1v) is 7.77. The molecule has 2 rings (SSSR count). The van der Waals surface area contributed by atoms with Crippen LogP contribution < -0.4 is 10.6 Å². The zero-order valence-electron chi connectivity index (χ0n) is 12.1. The summed E-state index contributed by atoms with van der Waals surface area (Å²) in [5.74, 6) is 0. The first-order valence-electron chi connectivity index (χ1n) is 6.98. The van der Waals surface area contributed by atoms with E-state index < -0.39 is 0 Å². The first-order chi connectivity index (χ1) is 9.02. The summed E-state index contributed by atoms with van der Waals surface area (Å²) in [5.41, 5.74) is 8.43. The van der Waals surface area contributed by atoms with E-state index in [1.54, 1.807) is 0 Å². The molecule has 1 heterocycles. The van der Waals surface area contributed by atoms with Crippen LogP contribution in [0.5, 0.6) is 0 Å². The van der Waals surface area contributed by atoms with Crippen molar-refractivity contribution in [3.63, 3.8) is 0 Å². The van der Waals surface area contributed by atoms with Gasteiger partial charge in [-0.3, -0.25) is 4.90 Å². The first kappa shape index (κ1) is 14.8. The number of likely N-dealkylation sites (N-methyl/N-ethyl adjacent to an activating group) is 1. The van der Waals surface area contributed by atoms with Crippen molar-refractivity contribution in [2.45, 2.75) is 32.4 Å². The summed E-state index contributed by atoms with van der Waals surface area (Å²) in [6.07, 6.45) is 0.942. The van der Waals surface area contributed by atoms with E-state index >= 15 is 0 Å². The summed E-state index contributed by atoms with van der Waals surface area (Å²) >= 11 is 3.59. The Morgan fingerprint density at radius 2 is 1.89 bits per heavy atom. The van der Waals surface area contributed by atoms with Crippen LogP contribution in [0.4, 0.5) is 5.69 Å². The average Bonchev–Trinajstić information content (AvgIpc) is 2.37. The van der Waals surface area contributed by atoms with Crippen molar-refractivity contribution >= 4 is 21.6 Å². The number of hydrogen-bond donors (Lipinski definition) is 1. The molecule has 0 aromatic heterocycles. The van der Waals surface area contributed by atoms with Crippen LogP contribution in [0.1, 0.15) is 19.4 Å². The molecule has 1 aliphatic rings. The summed E-state index contributed by atoms with van der Waals surface area (Å²) in [6.45, 7) is 7.45. The molecule has 2 atom stereocenters. The van der Waals surface area contributed by atoms with Gasteiger partial charge in [-0.1, -0.05) is 22.0 Å². The monoisotopic (exact) mass is 325 g/mol. The van der Waals surface area contributed by atoms with Crippen LogP contribution in [-0.2, 0) is 6.42 Å². The Hall–Kier alpha value is -0.580. The highest BCUT2D eigenvalue weighted by Crippen LogP contribution is 2.28. The molecule has 3 nitrogen and oxygen atoms in total. The van der Waals surface area contributed by atoms with E-state index in [2.05, 4.69) is 64.8 Å². The van der Waals surface area contributed by atoms with Crippen molar-refractivity contribution in [1.82, 2.24) is 4.90 Å². The lowest BCUT2D eigenvalue weighted by Gasteiger charge is -2.44. The Bertz CT molecular complexity index is 423. The normalized spacial score (nSPS) is 24.8. The van der Waals surface area contributed by atoms with Crippen molar-refractivity contribution in [3.8, 4) is 0 Å². The summed E-state index contributed by atoms with van der Waals surface area (Å²) in [6, 6.07) is 7.69. The number of benzene rings is 1. The number of piperazine rings is 1. The van der Waals surface area contributed by atoms with Gasteiger partial charge in [0, 0.05) is 35.3 Å². The van der Waals surface area contributed by atoms with Crippen LogP contribution in [0.25, 0.3) is 0 Å². The molecule has 0 amide bonds. The highest BCUT2D eigenvalue weighted by molar-refractivity contribution is 9.10. The second kappa shape index (κ2) is 6.25. The van der Waals surface area contributed by atoms with Gasteiger partial charge >= 0.3 is 0 Å². The van der Waals surface area contributed by atoms with Crippen molar-refractivity contribution in [2.24, 2.45) is 5.73 Å². The van der Waals surface area contributed by atoms with Gasteiger partial charge < -0.3 is 10.6 Å². The Balaban J connectivity index is 2.27. The van der Waals surface area contributed by atoms with Gasteiger partial charge in [0.1, 0.15) is 0 Å². The average molecular weight is 326 g/mol. The van der Waals surface area contributed by atoms with Gasteiger partial charge in [0.05, 0.1) is 0 Å². The summed E-state index contributed by atoms with van der Waals surface area (Å²) in [7, 11) is 2.22. The van der Waals surface area contributed by atoms with E-state index in [1.807, 2.05) is 0 Å². The van der Waals surface area contributed by atoms with Crippen LogP contribution in [-0.4, -0.2) is 43.7 Å². The smallest absolute Gasteiger partial charge is 0.0411 e. The minimum absolute atomic E-state index is 0.577. The number of rotatable bonds is 3. The number of halogens is 1. The van der Waals surface area contributed by atoms with Gasteiger partial charge in [-0.05, 0) is 51.6 Å². The van der Waals surface area contributed by atoms with Gasteiger partial charge in [-0.2, -0.15) is 0 Å². The SMILES string of the molecule is CC1CN(c2cc(Br)ccc2CCN)CC(C)N1C. The third-order valence-electron chi connectivity index (χ3n) is 4.16. The predicted octanol–water partition coefficient (Wildman–Crippen LogP) is 2.48. The molecular weight excluding hydrogens is 302 g/mol. The molecule has 19 heavy (non-hydrogen) atoms. The number of nitrogens with two attached hydrogens (primary N) is 1. The lowest BCUT2D eigenvalue weighted by Crippen LogP contribution is -2.55. The minimum Gasteiger partial charge on any atom is -0.368 e. The molecule has 2 unspecified atom stereocenters. The second-order valence-corrected chi connectivity index (χ2v) is 6.50. The molecule has 1 saturated heterocycles. The Morgan fingerprint density at radius 3 is 2.47 bits per heavy atom. The van der Waals surface area contributed by atoms with Gasteiger partial charge in [0.15, 0.2) is 0 Å². The maximum absolute atomic E-state index is 5.74. The van der Waals surface area contributed by atoms with Crippen LogP contribution in [0.3, 0.4) is 0 Å². The lowest BCUT2D eigenvalue weighted by atomic mass is 10.0. The van der Waals surface area contributed by atoms with Gasteiger partial charge in [0.25, 0.3) is 0 Å². The summed E-state index contributed by atoms with van der Waals surface area (Å²) < 4.78 is 1.14. The topological polar surface area (TPSA) is 32.5 Å². The van der Waals surface area contributed by atoms with Crippen LogP contribution >= 0.6 is 15.9 Å². The van der Waals surface area contributed by atoms with Gasteiger partial charge in [-0.15, -0.1) is 0 Å². The summed E-state index contributed by atoms with van der Waals surface area (Å²) in [5, 5.41) is 0. The van der Waals surface area contributed by atoms with Crippen LogP contribution in [0, 0.1) is 0 Å². The van der Waals surface area contributed by atoms with E-state index in [9.17, 15) is 0 Å². The fraction of sp³-hybridized carbons (Fsp3) is 0.600. The molecule has 1 aromatic carbocycles. The zero-order valence-corrected chi connectivity index (χ0v) is 13.7. The Kier molecular flexibility index (Phi) is 4.87. The molecule has 1 aromatic rings. The zero-order chi connectivity index (χ0) is 14.0.